The highest BCUT2D eigenvalue weighted by atomic mass is 35.5. The summed E-state index contributed by atoms with van der Waals surface area (Å²) in [6.07, 6.45) is 2.07. The van der Waals surface area contributed by atoms with Crippen LogP contribution in [-0.2, 0) is 4.79 Å². The van der Waals surface area contributed by atoms with Crippen molar-refractivity contribution in [3.05, 3.63) is 29.8 Å². The molecule has 1 saturated heterocycles. The monoisotopic (exact) mass is 341 g/mol. The lowest BCUT2D eigenvalue weighted by atomic mass is 9.81. The van der Waals surface area contributed by atoms with E-state index in [1.165, 1.54) is 0 Å². The van der Waals surface area contributed by atoms with Crippen molar-refractivity contribution in [2.75, 3.05) is 26.2 Å². The zero-order valence-electron chi connectivity index (χ0n) is 13.3. The SMILES string of the molecule is CC1(CNC(=O)c2ccccc2OCC(N)=O)CCNCC1.Cl. The number of amides is 2. The van der Waals surface area contributed by atoms with Crippen molar-refractivity contribution in [1.29, 1.82) is 0 Å². The van der Waals surface area contributed by atoms with Crippen LogP contribution in [0.25, 0.3) is 0 Å². The van der Waals surface area contributed by atoms with E-state index in [0.717, 1.165) is 25.9 Å². The standard InChI is InChI=1S/C16H23N3O3.ClH/c1-16(6-8-18-9-7-16)11-19-15(21)12-4-2-3-5-13(12)22-10-14(17)20;/h2-5,18H,6-11H2,1H3,(H2,17,20)(H,19,21);1H. The number of hydrogen-bond donors (Lipinski definition) is 3. The molecule has 0 aromatic heterocycles. The fraction of sp³-hybridized carbons (Fsp3) is 0.500. The average molecular weight is 342 g/mol. The van der Waals surface area contributed by atoms with Crippen molar-refractivity contribution in [2.24, 2.45) is 11.1 Å². The smallest absolute Gasteiger partial charge is 0.255 e. The van der Waals surface area contributed by atoms with E-state index in [9.17, 15) is 9.59 Å². The summed E-state index contributed by atoms with van der Waals surface area (Å²) in [6.45, 7) is 4.52. The summed E-state index contributed by atoms with van der Waals surface area (Å²) in [6, 6.07) is 6.85. The minimum Gasteiger partial charge on any atom is -0.483 e. The number of piperidine rings is 1. The van der Waals surface area contributed by atoms with Crippen molar-refractivity contribution in [2.45, 2.75) is 19.8 Å². The Morgan fingerprint density at radius 3 is 2.61 bits per heavy atom. The van der Waals surface area contributed by atoms with Crippen LogP contribution in [0.1, 0.15) is 30.1 Å². The number of hydrogen-bond acceptors (Lipinski definition) is 4. The number of nitrogens with two attached hydrogens (primary N) is 1. The Morgan fingerprint density at radius 2 is 1.96 bits per heavy atom. The lowest BCUT2D eigenvalue weighted by Gasteiger charge is -2.34. The van der Waals surface area contributed by atoms with Gasteiger partial charge in [-0.3, -0.25) is 9.59 Å². The van der Waals surface area contributed by atoms with Crippen LogP contribution in [0.5, 0.6) is 5.75 Å². The second-order valence-electron chi connectivity index (χ2n) is 5.99. The third kappa shape index (κ3) is 5.73. The molecular formula is C16H24ClN3O3. The van der Waals surface area contributed by atoms with E-state index in [4.69, 9.17) is 10.5 Å². The minimum atomic E-state index is -0.572. The summed E-state index contributed by atoms with van der Waals surface area (Å²) in [5, 5.41) is 6.29. The van der Waals surface area contributed by atoms with E-state index in [1.807, 2.05) is 0 Å². The molecule has 6 nitrogen and oxygen atoms in total. The first kappa shape index (κ1) is 19.3. The Balaban J connectivity index is 0.00000264. The van der Waals surface area contributed by atoms with Gasteiger partial charge in [-0.25, -0.2) is 0 Å². The molecule has 7 heteroatoms. The fourth-order valence-corrected chi connectivity index (χ4v) is 2.52. The van der Waals surface area contributed by atoms with Gasteiger partial charge < -0.3 is 21.1 Å². The van der Waals surface area contributed by atoms with Gasteiger partial charge in [0.15, 0.2) is 6.61 Å². The van der Waals surface area contributed by atoms with Crippen LogP contribution in [-0.4, -0.2) is 38.1 Å². The number of halogens is 1. The van der Waals surface area contributed by atoms with Crippen molar-refractivity contribution < 1.29 is 14.3 Å². The van der Waals surface area contributed by atoms with E-state index in [-0.39, 0.29) is 30.3 Å². The van der Waals surface area contributed by atoms with Crippen LogP contribution in [0.4, 0.5) is 0 Å². The molecule has 1 aliphatic rings. The molecule has 4 N–H and O–H groups in total. The molecule has 2 amide bonds. The highest BCUT2D eigenvalue weighted by Crippen LogP contribution is 2.27. The van der Waals surface area contributed by atoms with Gasteiger partial charge in [-0.1, -0.05) is 19.1 Å². The predicted molar refractivity (Wildman–Crippen MR) is 90.9 cm³/mol. The van der Waals surface area contributed by atoms with Crippen LogP contribution in [0, 0.1) is 5.41 Å². The Kier molecular flexibility index (Phi) is 7.32. The topological polar surface area (TPSA) is 93.4 Å². The molecule has 1 aromatic carbocycles. The van der Waals surface area contributed by atoms with Crippen LogP contribution in [0.3, 0.4) is 0 Å². The Morgan fingerprint density at radius 1 is 1.30 bits per heavy atom. The van der Waals surface area contributed by atoms with Gasteiger partial charge >= 0.3 is 0 Å². The number of carbonyl (C=O) groups is 2. The van der Waals surface area contributed by atoms with E-state index < -0.39 is 5.91 Å². The molecular weight excluding hydrogens is 318 g/mol. The number of carbonyl (C=O) groups excluding carboxylic acids is 2. The molecule has 2 rings (SSSR count). The van der Waals surface area contributed by atoms with Gasteiger partial charge in [-0.05, 0) is 43.5 Å². The molecule has 0 saturated carbocycles. The molecule has 0 bridgehead atoms. The van der Waals surface area contributed by atoms with E-state index in [0.29, 0.717) is 17.9 Å². The Labute approximate surface area is 142 Å². The van der Waals surface area contributed by atoms with E-state index in [1.54, 1.807) is 24.3 Å². The summed E-state index contributed by atoms with van der Waals surface area (Å²) < 4.78 is 5.29. The first-order valence-electron chi connectivity index (χ1n) is 7.49. The highest BCUT2D eigenvalue weighted by Gasteiger charge is 2.27. The molecule has 1 aromatic rings. The Bertz CT molecular complexity index is 545. The maximum atomic E-state index is 12.4. The zero-order valence-corrected chi connectivity index (χ0v) is 14.1. The third-order valence-electron chi connectivity index (χ3n) is 3.99. The maximum Gasteiger partial charge on any atom is 0.255 e. The predicted octanol–water partition coefficient (Wildman–Crippen LogP) is 1.09. The van der Waals surface area contributed by atoms with Crippen LogP contribution >= 0.6 is 12.4 Å². The number of para-hydroxylation sites is 1. The van der Waals surface area contributed by atoms with Gasteiger partial charge in [-0.15, -0.1) is 12.4 Å². The number of rotatable bonds is 6. The molecule has 0 atom stereocenters. The van der Waals surface area contributed by atoms with Crippen LogP contribution in [0.15, 0.2) is 24.3 Å². The van der Waals surface area contributed by atoms with Crippen LogP contribution < -0.4 is 21.1 Å². The zero-order chi connectivity index (χ0) is 16.0. The Hall–Kier alpha value is -1.79. The maximum absolute atomic E-state index is 12.4. The average Bonchev–Trinajstić information content (AvgIpc) is 2.52. The molecule has 0 spiro atoms. The molecule has 1 aliphatic heterocycles. The molecule has 0 aliphatic carbocycles. The quantitative estimate of drug-likeness (QED) is 0.722. The fourth-order valence-electron chi connectivity index (χ4n) is 2.52. The van der Waals surface area contributed by atoms with Gasteiger partial charge in [0, 0.05) is 6.54 Å². The first-order chi connectivity index (χ1) is 10.5. The molecule has 1 heterocycles. The molecule has 128 valence electrons. The summed E-state index contributed by atoms with van der Waals surface area (Å²) in [7, 11) is 0. The van der Waals surface area contributed by atoms with E-state index in [2.05, 4.69) is 17.6 Å². The largest absolute Gasteiger partial charge is 0.483 e. The molecule has 1 fully saturated rings. The third-order valence-corrected chi connectivity index (χ3v) is 3.99. The second kappa shape index (κ2) is 8.74. The minimum absolute atomic E-state index is 0. The van der Waals surface area contributed by atoms with Gasteiger partial charge in [-0.2, -0.15) is 0 Å². The lowest BCUT2D eigenvalue weighted by Crippen LogP contribution is -2.43. The summed E-state index contributed by atoms with van der Waals surface area (Å²) in [5.41, 5.74) is 5.60. The van der Waals surface area contributed by atoms with Crippen molar-refractivity contribution >= 4 is 24.2 Å². The number of ether oxygens (including phenoxy) is 1. The first-order valence-corrected chi connectivity index (χ1v) is 7.49. The number of benzene rings is 1. The van der Waals surface area contributed by atoms with Gasteiger partial charge in [0.1, 0.15) is 5.75 Å². The van der Waals surface area contributed by atoms with Gasteiger partial charge in [0.05, 0.1) is 5.56 Å². The van der Waals surface area contributed by atoms with Gasteiger partial charge in [0.2, 0.25) is 0 Å². The lowest BCUT2D eigenvalue weighted by molar-refractivity contribution is -0.119. The van der Waals surface area contributed by atoms with Crippen molar-refractivity contribution in [3.63, 3.8) is 0 Å². The van der Waals surface area contributed by atoms with Gasteiger partial charge in [0.25, 0.3) is 11.8 Å². The normalized spacial score (nSPS) is 16.0. The summed E-state index contributed by atoms with van der Waals surface area (Å²) in [4.78, 5) is 23.2. The van der Waals surface area contributed by atoms with Crippen molar-refractivity contribution in [1.82, 2.24) is 10.6 Å². The summed E-state index contributed by atoms with van der Waals surface area (Å²) in [5.74, 6) is -0.397. The molecule has 23 heavy (non-hydrogen) atoms. The summed E-state index contributed by atoms with van der Waals surface area (Å²) >= 11 is 0. The number of primary amides is 1. The van der Waals surface area contributed by atoms with E-state index >= 15 is 0 Å². The van der Waals surface area contributed by atoms with Crippen molar-refractivity contribution in [3.8, 4) is 5.75 Å². The molecule has 0 radical (unpaired) electrons. The molecule has 0 unspecified atom stereocenters. The number of nitrogens with one attached hydrogen (secondary N) is 2. The highest BCUT2D eigenvalue weighted by molar-refractivity contribution is 5.97. The van der Waals surface area contributed by atoms with Crippen LogP contribution in [0.2, 0.25) is 0 Å². The second-order valence-corrected chi connectivity index (χ2v) is 5.99.